The van der Waals surface area contributed by atoms with Gasteiger partial charge in [-0.1, -0.05) is 24.3 Å². The van der Waals surface area contributed by atoms with Gasteiger partial charge in [0.05, 0.1) is 20.5 Å². The summed E-state index contributed by atoms with van der Waals surface area (Å²) in [6, 6.07) is 9.32. The minimum atomic E-state index is -0.214. The molecule has 0 aliphatic carbocycles. The number of ether oxygens (including phenoxy) is 2. The van der Waals surface area contributed by atoms with Crippen LogP contribution in [0.25, 0.3) is 6.08 Å². The maximum absolute atomic E-state index is 13.2. The first-order valence-electron chi connectivity index (χ1n) is 12.2. The Morgan fingerprint density at radius 1 is 1.14 bits per heavy atom. The van der Waals surface area contributed by atoms with Gasteiger partial charge in [-0.15, -0.1) is 0 Å². The van der Waals surface area contributed by atoms with Crippen LogP contribution in [-0.4, -0.2) is 65.3 Å². The minimum absolute atomic E-state index is 0.144. The highest BCUT2D eigenvalue weighted by molar-refractivity contribution is 5.98. The number of pyridine rings is 1. The van der Waals surface area contributed by atoms with E-state index in [2.05, 4.69) is 27.4 Å². The maximum Gasteiger partial charge on any atom is 0.256 e. The fourth-order valence-corrected chi connectivity index (χ4v) is 4.41. The Labute approximate surface area is 211 Å². The number of methoxy groups -OCH3 is 2. The summed E-state index contributed by atoms with van der Waals surface area (Å²) in [6.07, 6.45) is 10.9. The third-order valence-electron chi connectivity index (χ3n) is 6.36. The fourth-order valence-electron chi connectivity index (χ4n) is 4.41. The lowest BCUT2D eigenvalue weighted by Gasteiger charge is -2.17. The van der Waals surface area contributed by atoms with Crippen LogP contribution in [0.4, 0.5) is 0 Å². The van der Waals surface area contributed by atoms with Crippen molar-refractivity contribution >= 4 is 12.0 Å². The Balaban J connectivity index is 1.41. The van der Waals surface area contributed by atoms with E-state index < -0.39 is 0 Å². The van der Waals surface area contributed by atoms with Crippen molar-refractivity contribution in [2.45, 2.75) is 25.9 Å². The average Bonchev–Trinajstić information content (AvgIpc) is 3.33. The number of benzene rings is 1. The van der Waals surface area contributed by atoms with Crippen molar-refractivity contribution in [1.82, 2.24) is 24.3 Å². The molecule has 190 valence electrons. The molecule has 0 spiro atoms. The molecule has 2 aromatic heterocycles. The molecule has 0 unspecified atom stereocenters. The zero-order chi connectivity index (χ0) is 25.3. The molecule has 9 nitrogen and oxygen atoms in total. The highest BCUT2D eigenvalue weighted by atomic mass is 16.5. The van der Waals surface area contributed by atoms with Crippen molar-refractivity contribution in [2.75, 3.05) is 40.4 Å². The number of nitrogens with one attached hydrogen (secondary N) is 1. The van der Waals surface area contributed by atoms with E-state index in [0.29, 0.717) is 30.8 Å². The molecule has 0 bridgehead atoms. The van der Waals surface area contributed by atoms with E-state index in [1.807, 2.05) is 35.0 Å². The van der Waals surface area contributed by atoms with Crippen LogP contribution in [-0.2, 0) is 19.5 Å². The zero-order valence-electron chi connectivity index (χ0n) is 20.9. The van der Waals surface area contributed by atoms with Gasteiger partial charge < -0.3 is 23.9 Å². The molecule has 1 N–H and O–H groups in total. The Bertz CT molecular complexity index is 1230. The summed E-state index contributed by atoms with van der Waals surface area (Å²) in [6.45, 7) is 4.01. The van der Waals surface area contributed by atoms with Crippen LogP contribution in [0.2, 0.25) is 0 Å². The second kappa shape index (κ2) is 12.2. The molecule has 4 rings (SSSR count). The van der Waals surface area contributed by atoms with Gasteiger partial charge in [-0.25, -0.2) is 4.98 Å². The van der Waals surface area contributed by atoms with E-state index in [1.165, 1.54) is 13.2 Å². The number of imidazole rings is 1. The van der Waals surface area contributed by atoms with Gasteiger partial charge in [0, 0.05) is 69.8 Å². The van der Waals surface area contributed by atoms with Gasteiger partial charge in [0.1, 0.15) is 17.1 Å². The first-order valence-corrected chi connectivity index (χ1v) is 12.2. The normalized spacial score (nSPS) is 13.8. The molecule has 3 aromatic rings. The molecule has 1 aliphatic heterocycles. The van der Waals surface area contributed by atoms with Crippen molar-refractivity contribution in [3.8, 4) is 11.5 Å². The summed E-state index contributed by atoms with van der Waals surface area (Å²) in [4.78, 5) is 32.3. The van der Waals surface area contributed by atoms with Gasteiger partial charge in [-0.3, -0.25) is 14.5 Å². The van der Waals surface area contributed by atoms with Crippen LogP contribution in [0.15, 0.2) is 59.9 Å². The van der Waals surface area contributed by atoms with E-state index in [-0.39, 0.29) is 11.5 Å². The number of carbonyl (C=O) groups is 1. The summed E-state index contributed by atoms with van der Waals surface area (Å²) in [5.41, 5.74) is 2.14. The zero-order valence-corrected chi connectivity index (χ0v) is 20.9. The fraction of sp³-hybridized carbons (Fsp3) is 0.370. The number of amides is 1. The van der Waals surface area contributed by atoms with Gasteiger partial charge in [0.25, 0.3) is 11.5 Å². The molecule has 1 aromatic carbocycles. The monoisotopic (exact) mass is 491 g/mol. The molecule has 0 saturated heterocycles. The first-order chi connectivity index (χ1) is 17.6. The van der Waals surface area contributed by atoms with Crippen molar-refractivity contribution in [3.63, 3.8) is 0 Å². The molecular formula is C27H33N5O4. The van der Waals surface area contributed by atoms with Crippen LogP contribution >= 0.6 is 0 Å². The lowest BCUT2D eigenvalue weighted by molar-refractivity contribution is 0.0947. The highest BCUT2D eigenvalue weighted by Gasteiger charge is 2.24. The van der Waals surface area contributed by atoms with E-state index in [9.17, 15) is 9.59 Å². The number of rotatable bonds is 10. The SMILES string of the molecule is COc1ccc(/C=C/CN2CCc3c(C(=O)NCCCn4ccnc4)c(OC)cc(=O)n3CC2)cc1. The van der Waals surface area contributed by atoms with Crippen LogP contribution < -0.4 is 20.3 Å². The predicted molar refractivity (Wildman–Crippen MR) is 139 cm³/mol. The number of aryl methyl sites for hydroxylation is 1. The van der Waals surface area contributed by atoms with Gasteiger partial charge in [0.2, 0.25) is 0 Å². The average molecular weight is 492 g/mol. The standard InChI is InChI=1S/C27H33N5O4/c1-35-22-8-6-21(7-9-22)5-3-13-30-15-10-23-26(24(36-2)19-25(33)32(23)18-17-30)27(34)29-11-4-14-31-16-12-28-20-31/h3,5-9,12,16,19-20H,4,10-11,13-15,17-18H2,1-2H3,(H,29,34)/b5-3+. The van der Waals surface area contributed by atoms with E-state index in [4.69, 9.17) is 9.47 Å². The Morgan fingerprint density at radius 3 is 2.69 bits per heavy atom. The highest BCUT2D eigenvalue weighted by Crippen LogP contribution is 2.23. The van der Waals surface area contributed by atoms with Gasteiger partial charge in [0.15, 0.2) is 0 Å². The maximum atomic E-state index is 13.2. The van der Waals surface area contributed by atoms with Crippen molar-refractivity contribution in [2.24, 2.45) is 0 Å². The van der Waals surface area contributed by atoms with Gasteiger partial charge >= 0.3 is 0 Å². The van der Waals surface area contributed by atoms with E-state index in [0.717, 1.165) is 49.6 Å². The van der Waals surface area contributed by atoms with Crippen molar-refractivity contribution in [3.05, 3.63) is 82.3 Å². The molecule has 0 fully saturated rings. The summed E-state index contributed by atoms with van der Waals surface area (Å²) < 4.78 is 14.4. The summed E-state index contributed by atoms with van der Waals surface area (Å²) >= 11 is 0. The van der Waals surface area contributed by atoms with Gasteiger partial charge in [-0.2, -0.15) is 0 Å². The molecule has 0 radical (unpaired) electrons. The summed E-state index contributed by atoms with van der Waals surface area (Å²) in [5, 5.41) is 3.00. The number of aromatic nitrogens is 3. The second-order valence-corrected chi connectivity index (χ2v) is 8.66. The predicted octanol–water partition coefficient (Wildman–Crippen LogP) is 2.45. The van der Waals surface area contributed by atoms with Crippen molar-refractivity contribution in [1.29, 1.82) is 0 Å². The van der Waals surface area contributed by atoms with Crippen LogP contribution in [0.3, 0.4) is 0 Å². The lowest BCUT2D eigenvalue weighted by atomic mass is 10.1. The minimum Gasteiger partial charge on any atom is -0.497 e. The molecule has 1 amide bonds. The third kappa shape index (κ3) is 6.23. The smallest absolute Gasteiger partial charge is 0.256 e. The molecule has 1 aliphatic rings. The van der Waals surface area contributed by atoms with Crippen LogP contribution in [0.1, 0.15) is 28.0 Å². The molecular weight excluding hydrogens is 458 g/mol. The summed E-state index contributed by atoms with van der Waals surface area (Å²) in [7, 11) is 3.15. The molecule has 0 atom stereocenters. The number of nitrogens with zero attached hydrogens (tertiary/aromatic N) is 4. The number of carbonyl (C=O) groups excluding carboxylic acids is 1. The van der Waals surface area contributed by atoms with Crippen molar-refractivity contribution < 1.29 is 14.3 Å². The Morgan fingerprint density at radius 2 is 1.97 bits per heavy atom. The number of hydrogen-bond donors (Lipinski definition) is 1. The molecule has 3 heterocycles. The van der Waals surface area contributed by atoms with E-state index >= 15 is 0 Å². The topological polar surface area (TPSA) is 90.6 Å². The van der Waals surface area contributed by atoms with Crippen LogP contribution in [0.5, 0.6) is 11.5 Å². The molecule has 0 saturated carbocycles. The number of fused-ring (bicyclic) bond motifs is 1. The quantitative estimate of drug-likeness (QED) is 0.438. The largest absolute Gasteiger partial charge is 0.497 e. The third-order valence-corrected chi connectivity index (χ3v) is 6.36. The molecule has 36 heavy (non-hydrogen) atoms. The Hall–Kier alpha value is -3.85. The number of hydrogen-bond acceptors (Lipinski definition) is 6. The van der Waals surface area contributed by atoms with Gasteiger partial charge in [-0.05, 0) is 24.1 Å². The summed E-state index contributed by atoms with van der Waals surface area (Å²) in [5.74, 6) is 0.941. The molecule has 9 heteroatoms. The second-order valence-electron chi connectivity index (χ2n) is 8.66. The Kier molecular flexibility index (Phi) is 8.57. The first kappa shape index (κ1) is 25.2. The van der Waals surface area contributed by atoms with E-state index in [1.54, 1.807) is 24.2 Å². The van der Waals surface area contributed by atoms with Crippen LogP contribution in [0, 0.1) is 0 Å². The lowest BCUT2D eigenvalue weighted by Crippen LogP contribution is -2.32.